The van der Waals surface area contributed by atoms with Gasteiger partial charge in [-0.15, -0.1) is 0 Å². The first-order valence-corrected chi connectivity index (χ1v) is 9.60. The van der Waals surface area contributed by atoms with Crippen LogP contribution in [0.25, 0.3) is 5.69 Å². The molecule has 0 amide bonds. The fraction of sp³-hybridized carbons (Fsp3) is 0.550. The Labute approximate surface area is 155 Å². The van der Waals surface area contributed by atoms with Crippen LogP contribution in [-0.4, -0.2) is 47.0 Å². The number of ether oxygens (including phenoxy) is 1. The molecular weight excluding hydrogens is 355 g/mol. The molecule has 27 heavy (non-hydrogen) atoms. The fourth-order valence-corrected chi connectivity index (χ4v) is 4.32. The van der Waals surface area contributed by atoms with Gasteiger partial charge < -0.3 is 4.74 Å². The normalized spacial score (nSPS) is 23.6. The highest BCUT2D eigenvalue weighted by atomic mass is 19.4. The second-order valence-electron chi connectivity index (χ2n) is 7.80. The lowest BCUT2D eigenvalue weighted by Gasteiger charge is -2.32. The van der Waals surface area contributed by atoms with Gasteiger partial charge in [0.1, 0.15) is 0 Å². The van der Waals surface area contributed by atoms with Gasteiger partial charge in [-0.05, 0) is 55.0 Å². The predicted molar refractivity (Wildman–Crippen MR) is 94.1 cm³/mol. The molecule has 1 saturated heterocycles. The molecule has 3 aliphatic rings. The Kier molecular flexibility index (Phi) is 4.05. The molecule has 0 spiro atoms. The zero-order valence-corrected chi connectivity index (χ0v) is 15.0. The summed E-state index contributed by atoms with van der Waals surface area (Å²) >= 11 is 0. The average molecular weight is 377 g/mol. The van der Waals surface area contributed by atoms with Crippen molar-refractivity contribution in [2.24, 2.45) is 0 Å². The van der Waals surface area contributed by atoms with Crippen molar-refractivity contribution in [3.8, 4) is 5.69 Å². The molecule has 7 heteroatoms. The molecule has 2 heterocycles. The van der Waals surface area contributed by atoms with E-state index in [1.165, 1.54) is 21.9 Å². The molecule has 2 aromatic rings. The van der Waals surface area contributed by atoms with Crippen molar-refractivity contribution in [2.75, 3.05) is 26.3 Å². The number of benzene rings is 1. The zero-order chi connectivity index (χ0) is 18.6. The SMILES string of the molecule is FC(F)(F)c1cc(C2CC2)n(-c2ccc3c(c2)C[C@@H](N2CCOCC2)C3)n1. The number of aromatic nitrogens is 2. The Morgan fingerprint density at radius 1 is 1.00 bits per heavy atom. The van der Waals surface area contributed by atoms with E-state index in [4.69, 9.17) is 4.74 Å². The summed E-state index contributed by atoms with van der Waals surface area (Å²) in [6.45, 7) is 3.45. The molecule has 1 saturated carbocycles. The first-order chi connectivity index (χ1) is 13.0. The van der Waals surface area contributed by atoms with Crippen LogP contribution in [0.5, 0.6) is 0 Å². The summed E-state index contributed by atoms with van der Waals surface area (Å²) in [5.74, 6) is 0.197. The number of hydrogen-bond acceptors (Lipinski definition) is 3. The van der Waals surface area contributed by atoms with Gasteiger partial charge in [0.05, 0.1) is 18.9 Å². The van der Waals surface area contributed by atoms with Crippen molar-refractivity contribution in [3.05, 3.63) is 46.8 Å². The first-order valence-electron chi connectivity index (χ1n) is 9.60. The quantitative estimate of drug-likeness (QED) is 0.819. The van der Waals surface area contributed by atoms with E-state index < -0.39 is 11.9 Å². The molecule has 1 aliphatic heterocycles. The van der Waals surface area contributed by atoms with Crippen molar-refractivity contribution < 1.29 is 17.9 Å². The molecule has 144 valence electrons. The molecule has 4 nitrogen and oxygen atoms in total. The van der Waals surface area contributed by atoms with Gasteiger partial charge in [-0.3, -0.25) is 4.90 Å². The third-order valence-electron chi connectivity index (χ3n) is 5.93. The number of morpholine rings is 1. The maximum absolute atomic E-state index is 13.2. The summed E-state index contributed by atoms with van der Waals surface area (Å²) in [6.07, 6.45) is -0.597. The second-order valence-corrected chi connectivity index (χ2v) is 7.80. The number of nitrogens with zero attached hydrogens (tertiary/aromatic N) is 3. The Hall–Kier alpha value is -1.86. The van der Waals surface area contributed by atoms with Gasteiger partial charge in [0.25, 0.3) is 0 Å². The van der Waals surface area contributed by atoms with Crippen LogP contribution in [0.1, 0.15) is 41.3 Å². The summed E-state index contributed by atoms with van der Waals surface area (Å²) in [4.78, 5) is 2.47. The molecule has 0 bridgehead atoms. The number of alkyl halides is 3. The van der Waals surface area contributed by atoms with E-state index in [9.17, 15) is 13.2 Å². The van der Waals surface area contributed by atoms with Crippen molar-refractivity contribution in [2.45, 2.75) is 43.8 Å². The molecule has 1 atom stereocenters. The van der Waals surface area contributed by atoms with Crippen LogP contribution >= 0.6 is 0 Å². The highest BCUT2D eigenvalue weighted by Crippen LogP contribution is 2.43. The van der Waals surface area contributed by atoms with E-state index in [2.05, 4.69) is 16.1 Å². The van der Waals surface area contributed by atoms with Gasteiger partial charge in [0.15, 0.2) is 5.69 Å². The Bertz CT molecular complexity index is 851. The van der Waals surface area contributed by atoms with Gasteiger partial charge in [0, 0.05) is 30.7 Å². The third-order valence-corrected chi connectivity index (χ3v) is 5.93. The summed E-state index contributed by atoms with van der Waals surface area (Å²) < 4.78 is 46.5. The number of hydrogen-bond donors (Lipinski definition) is 0. The van der Waals surface area contributed by atoms with E-state index in [-0.39, 0.29) is 5.92 Å². The van der Waals surface area contributed by atoms with Crippen LogP contribution in [0.15, 0.2) is 24.3 Å². The number of rotatable bonds is 3. The molecule has 0 radical (unpaired) electrons. The van der Waals surface area contributed by atoms with Crippen molar-refractivity contribution in [1.82, 2.24) is 14.7 Å². The highest BCUT2D eigenvalue weighted by molar-refractivity contribution is 5.45. The Balaban J connectivity index is 1.44. The maximum atomic E-state index is 13.2. The van der Waals surface area contributed by atoms with Crippen molar-refractivity contribution in [3.63, 3.8) is 0 Å². The molecule has 0 unspecified atom stereocenters. The number of halogens is 3. The van der Waals surface area contributed by atoms with E-state index >= 15 is 0 Å². The van der Waals surface area contributed by atoms with Gasteiger partial charge in [0.2, 0.25) is 0 Å². The van der Waals surface area contributed by atoms with Crippen LogP contribution < -0.4 is 0 Å². The predicted octanol–water partition coefficient (Wildman–Crippen LogP) is 3.57. The van der Waals surface area contributed by atoms with E-state index in [1.54, 1.807) is 0 Å². The Morgan fingerprint density at radius 3 is 2.44 bits per heavy atom. The molecule has 2 aliphatic carbocycles. The minimum Gasteiger partial charge on any atom is -0.379 e. The van der Waals surface area contributed by atoms with Gasteiger partial charge in [-0.25, -0.2) is 4.68 Å². The summed E-state index contributed by atoms with van der Waals surface area (Å²) in [5.41, 5.74) is 3.16. The number of fused-ring (bicyclic) bond motifs is 1. The minimum atomic E-state index is -4.41. The molecule has 5 rings (SSSR count). The molecule has 0 N–H and O–H groups in total. The van der Waals surface area contributed by atoms with E-state index in [1.807, 2.05) is 12.1 Å². The molecule has 1 aromatic carbocycles. The molecule has 2 fully saturated rings. The third kappa shape index (κ3) is 3.27. The standard InChI is InChI=1S/C20H22F3N3O/c21-20(22,23)19-12-18(13-1-2-13)26(24-19)16-4-3-14-9-17(11-15(14)10-16)25-5-7-27-8-6-25/h3-4,10,12-13,17H,1-2,5-9,11H2/t17-/m0/s1. The van der Waals surface area contributed by atoms with Crippen LogP contribution in [0.4, 0.5) is 13.2 Å². The van der Waals surface area contributed by atoms with Crippen LogP contribution in [-0.2, 0) is 23.8 Å². The maximum Gasteiger partial charge on any atom is 0.435 e. The lowest BCUT2D eigenvalue weighted by atomic mass is 10.1. The lowest BCUT2D eigenvalue weighted by molar-refractivity contribution is -0.141. The van der Waals surface area contributed by atoms with Gasteiger partial charge in [-0.1, -0.05) is 6.07 Å². The van der Waals surface area contributed by atoms with Crippen LogP contribution in [0.3, 0.4) is 0 Å². The van der Waals surface area contributed by atoms with Crippen molar-refractivity contribution >= 4 is 0 Å². The van der Waals surface area contributed by atoms with Gasteiger partial charge in [-0.2, -0.15) is 18.3 Å². The summed E-state index contributed by atoms with van der Waals surface area (Å²) in [7, 11) is 0. The lowest BCUT2D eigenvalue weighted by Crippen LogP contribution is -2.43. The fourth-order valence-electron chi connectivity index (χ4n) is 4.32. The monoisotopic (exact) mass is 377 g/mol. The average Bonchev–Trinajstić information content (AvgIpc) is 3.24. The summed E-state index contributed by atoms with van der Waals surface area (Å²) in [5, 5.41) is 3.91. The molecule has 1 aromatic heterocycles. The minimum absolute atomic E-state index is 0.197. The van der Waals surface area contributed by atoms with Gasteiger partial charge >= 0.3 is 6.18 Å². The second kappa shape index (κ2) is 6.34. The van der Waals surface area contributed by atoms with E-state index in [0.29, 0.717) is 11.7 Å². The smallest absolute Gasteiger partial charge is 0.379 e. The first kappa shape index (κ1) is 17.3. The van der Waals surface area contributed by atoms with E-state index in [0.717, 1.165) is 57.7 Å². The summed E-state index contributed by atoms with van der Waals surface area (Å²) in [6, 6.07) is 7.71. The zero-order valence-electron chi connectivity index (χ0n) is 15.0. The highest BCUT2D eigenvalue weighted by Gasteiger charge is 2.38. The van der Waals surface area contributed by atoms with Crippen molar-refractivity contribution in [1.29, 1.82) is 0 Å². The van der Waals surface area contributed by atoms with Crippen LogP contribution in [0.2, 0.25) is 0 Å². The topological polar surface area (TPSA) is 30.3 Å². The van der Waals surface area contributed by atoms with Crippen LogP contribution in [0, 0.1) is 0 Å². The largest absolute Gasteiger partial charge is 0.435 e. The molecular formula is C20H22F3N3O. The Morgan fingerprint density at radius 2 is 1.74 bits per heavy atom.